The van der Waals surface area contributed by atoms with Crippen LogP contribution in [0.3, 0.4) is 0 Å². The maximum Gasteiger partial charge on any atom is 0.339 e. The third kappa shape index (κ3) is 4.10. The Bertz CT molecular complexity index is 1060. The molecular weight excluding hydrogens is 380 g/mol. The van der Waals surface area contributed by atoms with E-state index in [1.54, 1.807) is 19.9 Å². The smallest absolute Gasteiger partial charge is 0.339 e. The lowest BCUT2D eigenvalue weighted by molar-refractivity contribution is 0.0524. The van der Waals surface area contributed by atoms with Gasteiger partial charge in [-0.15, -0.1) is 0 Å². The van der Waals surface area contributed by atoms with Gasteiger partial charge < -0.3 is 14.6 Å². The number of anilines is 1. The minimum Gasteiger partial charge on any atom is -0.462 e. The fraction of sp³-hybridized carbons (Fsp3) is 0.304. The monoisotopic (exact) mass is 404 g/mol. The van der Waals surface area contributed by atoms with E-state index in [0.29, 0.717) is 16.9 Å². The molecule has 0 radical (unpaired) electrons. The van der Waals surface area contributed by atoms with Crippen LogP contribution >= 0.6 is 0 Å². The van der Waals surface area contributed by atoms with Crippen LogP contribution in [-0.4, -0.2) is 33.0 Å². The Balaban J connectivity index is 1.45. The number of benzene rings is 1. The summed E-state index contributed by atoms with van der Waals surface area (Å²) in [5.41, 5.74) is 3.70. The summed E-state index contributed by atoms with van der Waals surface area (Å²) in [6.45, 7) is 4.74. The highest BCUT2D eigenvalue weighted by atomic mass is 16.5. The maximum absolute atomic E-state index is 12.6. The molecule has 0 fully saturated rings. The number of amides is 1. The van der Waals surface area contributed by atoms with Gasteiger partial charge in [0.15, 0.2) is 0 Å². The van der Waals surface area contributed by atoms with Gasteiger partial charge in [-0.2, -0.15) is 0 Å². The van der Waals surface area contributed by atoms with E-state index < -0.39 is 5.97 Å². The molecule has 1 aliphatic heterocycles. The predicted octanol–water partition coefficient (Wildman–Crippen LogP) is 4.02. The molecule has 0 unspecified atom stereocenters. The number of esters is 1. The number of carbonyl (C=O) groups excluding carboxylic acids is 2. The van der Waals surface area contributed by atoms with E-state index >= 15 is 0 Å². The quantitative estimate of drug-likeness (QED) is 0.649. The van der Waals surface area contributed by atoms with Gasteiger partial charge >= 0.3 is 5.97 Å². The van der Waals surface area contributed by atoms with Gasteiger partial charge in [0.1, 0.15) is 11.5 Å². The number of pyridine rings is 1. The van der Waals surface area contributed by atoms with E-state index in [-0.39, 0.29) is 18.2 Å². The SMILES string of the molecule is CCOC(=O)c1ccc(C(=O)Nc2ccc(-c3cn4c(n3)CCCC4)cc2)nc1C. The number of imidazole rings is 1. The number of nitrogens with zero attached hydrogens (tertiary/aromatic N) is 3. The lowest BCUT2D eigenvalue weighted by Gasteiger charge is -2.11. The molecule has 0 saturated carbocycles. The highest BCUT2D eigenvalue weighted by Gasteiger charge is 2.16. The lowest BCUT2D eigenvalue weighted by Crippen LogP contribution is -2.16. The van der Waals surface area contributed by atoms with Crippen molar-refractivity contribution in [2.24, 2.45) is 0 Å². The van der Waals surface area contributed by atoms with Crippen molar-refractivity contribution in [2.75, 3.05) is 11.9 Å². The predicted molar refractivity (Wildman–Crippen MR) is 113 cm³/mol. The van der Waals surface area contributed by atoms with E-state index in [1.807, 2.05) is 24.3 Å². The van der Waals surface area contributed by atoms with E-state index in [1.165, 1.54) is 18.9 Å². The minimum atomic E-state index is -0.439. The molecule has 7 nitrogen and oxygen atoms in total. The Labute approximate surface area is 175 Å². The average Bonchev–Trinajstić information content (AvgIpc) is 3.18. The number of aryl methyl sites for hydroxylation is 3. The molecular formula is C23H24N4O3. The molecule has 154 valence electrons. The van der Waals surface area contributed by atoms with Crippen LogP contribution in [0.15, 0.2) is 42.6 Å². The first-order chi connectivity index (χ1) is 14.5. The zero-order chi connectivity index (χ0) is 21.1. The second-order valence-corrected chi connectivity index (χ2v) is 7.27. The third-order valence-electron chi connectivity index (χ3n) is 5.16. The van der Waals surface area contributed by atoms with Crippen LogP contribution in [0.25, 0.3) is 11.3 Å². The Morgan fingerprint density at radius 2 is 1.90 bits per heavy atom. The molecule has 1 aromatic carbocycles. The Morgan fingerprint density at radius 1 is 1.10 bits per heavy atom. The molecule has 1 aliphatic rings. The largest absolute Gasteiger partial charge is 0.462 e. The molecule has 0 bridgehead atoms. The van der Waals surface area contributed by atoms with Gasteiger partial charge in [-0.05, 0) is 51.0 Å². The molecule has 4 rings (SSSR count). The van der Waals surface area contributed by atoms with Gasteiger partial charge in [-0.3, -0.25) is 4.79 Å². The average molecular weight is 404 g/mol. The van der Waals surface area contributed by atoms with Gasteiger partial charge in [-0.1, -0.05) is 12.1 Å². The first-order valence-electron chi connectivity index (χ1n) is 10.2. The number of fused-ring (bicyclic) bond motifs is 1. The van der Waals surface area contributed by atoms with Crippen LogP contribution < -0.4 is 5.32 Å². The number of hydrogen-bond donors (Lipinski definition) is 1. The summed E-state index contributed by atoms with van der Waals surface area (Å²) < 4.78 is 7.22. The van der Waals surface area contributed by atoms with E-state index in [4.69, 9.17) is 9.72 Å². The van der Waals surface area contributed by atoms with Gasteiger partial charge in [0.05, 0.1) is 23.6 Å². The second-order valence-electron chi connectivity index (χ2n) is 7.27. The fourth-order valence-corrected chi connectivity index (χ4v) is 3.58. The summed E-state index contributed by atoms with van der Waals surface area (Å²) in [5, 5.41) is 2.84. The van der Waals surface area contributed by atoms with Crippen molar-refractivity contribution in [1.82, 2.24) is 14.5 Å². The number of hydrogen-bond acceptors (Lipinski definition) is 5. The van der Waals surface area contributed by atoms with Crippen molar-refractivity contribution in [3.63, 3.8) is 0 Å². The maximum atomic E-state index is 12.6. The number of carbonyl (C=O) groups is 2. The summed E-state index contributed by atoms with van der Waals surface area (Å²) in [6, 6.07) is 10.7. The number of aromatic nitrogens is 3. The van der Waals surface area contributed by atoms with Gasteiger partial charge in [0.2, 0.25) is 0 Å². The topological polar surface area (TPSA) is 86.1 Å². The zero-order valence-electron chi connectivity index (χ0n) is 17.1. The first kappa shape index (κ1) is 19.8. The number of rotatable bonds is 5. The van der Waals surface area contributed by atoms with Crippen LogP contribution in [0, 0.1) is 6.92 Å². The highest BCUT2D eigenvalue weighted by molar-refractivity contribution is 6.03. The molecule has 30 heavy (non-hydrogen) atoms. The molecule has 0 atom stereocenters. The van der Waals surface area contributed by atoms with E-state index in [9.17, 15) is 9.59 Å². The van der Waals surface area contributed by atoms with Crippen LogP contribution in [0.5, 0.6) is 0 Å². The second kappa shape index (κ2) is 8.49. The molecule has 0 spiro atoms. The Kier molecular flexibility index (Phi) is 5.61. The van der Waals surface area contributed by atoms with Crippen LogP contribution in [0.4, 0.5) is 5.69 Å². The van der Waals surface area contributed by atoms with Crippen molar-refractivity contribution >= 4 is 17.6 Å². The third-order valence-corrected chi connectivity index (χ3v) is 5.16. The van der Waals surface area contributed by atoms with Crippen molar-refractivity contribution in [2.45, 2.75) is 39.7 Å². The standard InChI is InChI=1S/C23H24N4O3/c1-3-30-23(29)18-11-12-19(24-15(18)2)22(28)25-17-9-7-16(8-10-17)20-14-27-13-5-4-6-21(27)26-20/h7-12,14H,3-6,13H2,1-2H3,(H,25,28). The van der Waals surface area contributed by atoms with Crippen LogP contribution in [0.2, 0.25) is 0 Å². The number of nitrogens with one attached hydrogen (secondary N) is 1. The first-order valence-corrected chi connectivity index (χ1v) is 10.2. The van der Waals surface area contributed by atoms with Crippen molar-refractivity contribution < 1.29 is 14.3 Å². The fourth-order valence-electron chi connectivity index (χ4n) is 3.58. The highest BCUT2D eigenvalue weighted by Crippen LogP contribution is 2.24. The molecule has 1 amide bonds. The normalized spacial score (nSPS) is 12.9. The molecule has 1 N–H and O–H groups in total. The minimum absolute atomic E-state index is 0.242. The number of ether oxygens (including phenoxy) is 1. The van der Waals surface area contributed by atoms with Crippen molar-refractivity contribution in [1.29, 1.82) is 0 Å². The summed E-state index contributed by atoms with van der Waals surface area (Å²) in [5.74, 6) is 0.367. The molecule has 2 aromatic heterocycles. The van der Waals surface area contributed by atoms with Gasteiger partial charge in [0, 0.05) is 30.4 Å². The summed E-state index contributed by atoms with van der Waals surface area (Å²) in [7, 11) is 0. The lowest BCUT2D eigenvalue weighted by atomic mass is 10.1. The van der Waals surface area contributed by atoms with Gasteiger partial charge in [0.25, 0.3) is 5.91 Å². The zero-order valence-corrected chi connectivity index (χ0v) is 17.1. The van der Waals surface area contributed by atoms with Gasteiger partial charge in [-0.25, -0.2) is 14.8 Å². The molecule has 7 heteroatoms. The molecule has 0 aliphatic carbocycles. The van der Waals surface area contributed by atoms with Crippen LogP contribution in [0.1, 0.15) is 52.1 Å². The van der Waals surface area contributed by atoms with Crippen LogP contribution in [-0.2, 0) is 17.7 Å². The Hall–Kier alpha value is -3.48. The van der Waals surface area contributed by atoms with Crippen molar-refractivity contribution in [3.05, 3.63) is 65.4 Å². The molecule has 3 aromatic rings. The van der Waals surface area contributed by atoms with E-state index in [0.717, 1.165) is 30.0 Å². The Morgan fingerprint density at radius 3 is 2.60 bits per heavy atom. The summed E-state index contributed by atoms with van der Waals surface area (Å²) in [6.07, 6.45) is 5.51. The molecule has 3 heterocycles. The van der Waals surface area contributed by atoms with E-state index in [2.05, 4.69) is 21.1 Å². The molecule has 0 saturated heterocycles. The summed E-state index contributed by atoms with van der Waals surface area (Å²) >= 11 is 0. The summed E-state index contributed by atoms with van der Waals surface area (Å²) in [4.78, 5) is 33.4. The van der Waals surface area contributed by atoms with Crippen molar-refractivity contribution in [3.8, 4) is 11.3 Å².